The Hall–Kier alpha value is -2.35. The quantitative estimate of drug-likeness (QED) is 0.686. The maximum absolute atomic E-state index is 12.4. The fraction of sp³-hybridized carbons (Fsp3) is 0.211. The van der Waals surface area contributed by atoms with Crippen LogP contribution in [0.5, 0.6) is 0 Å². The minimum atomic E-state index is -3.61. The smallest absolute Gasteiger partial charge is 0.248 e. The van der Waals surface area contributed by atoms with Crippen molar-refractivity contribution in [3.05, 3.63) is 59.1 Å². The molecule has 0 unspecified atom stereocenters. The maximum Gasteiger partial charge on any atom is 0.248 e. The normalized spacial score (nSPS) is 11.7. The number of anilines is 2. The lowest BCUT2D eigenvalue weighted by Crippen LogP contribution is -2.22. The van der Waals surface area contributed by atoms with Gasteiger partial charge in [-0.3, -0.25) is 4.79 Å². The number of nitrogens with one attached hydrogen (secondary N) is 2. The van der Waals surface area contributed by atoms with E-state index in [0.29, 0.717) is 28.5 Å². The lowest BCUT2D eigenvalue weighted by Gasteiger charge is -2.16. The van der Waals surface area contributed by atoms with Gasteiger partial charge in [-0.05, 0) is 42.8 Å². The zero-order valence-electron chi connectivity index (χ0n) is 15.4. The fourth-order valence-corrected chi connectivity index (χ4v) is 3.42. The molecule has 6 nitrogen and oxygen atoms in total. The summed E-state index contributed by atoms with van der Waals surface area (Å²) in [5.41, 5.74) is 1.73. The van der Waals surface area contributed by atoms with Gasteiger partial charge in [0.2, 0.25) is 15.9 Å². The number of halogens is 1. The lowest BCUT2D eigenvalue weighted by molar-refractivity contribution is -0.111. The summed E-state index contributed by atoms with van der Waals surface area (Å²) in [4.78, 5) is 12.4. The molecule has 1 amide bonds. The van der Waals surface area contributed by atoms with Gasteiger partial charge in [-0.2, -0.15) is 0 Å². The van der Waals surface area contributed by atoms with Crippen molar-refractivity contribution in [2.45, 2.75) is 11.8 Å². The molecule has 2 aromatic carbocycles. The van der Waals surface area contributed by atoms with Crippen molar-refractivity contribution in [1.29, 1.82) is 0 Å². The molecule has 0 aliphatic rings. The Morgan fingerprint density at radius 1 is 1.15 bits per heavy atom. The summed E-state index contributed by atoms with van der Waals surface area (Å²) in [6.07, 6.45) is 2.95. The molecule has 2 N–H and O–H groups in total. The van der Waals surface area contributed by atoms with Crippen LogP contribution in [0.1, 0.15) is 12.5 Å². The van der Waals surface area contributed by atoms with Crippen LogP contribution in [0.25, 0.3) is 6.08 Å². The van der Waals surface area contributed by atoms with Crippen LogP contribution in [0.2, 0.25) is 5.02 Å². The molecule has 0 saturated heterocycles. The number of nitrogens with zero attached hydrogens (tertiary/aromatic N) is 1. The highest BCUT2D eigenvalue weighted by Gasteiger charge is 2.19. The van der Waals surface area contributed by atoms with Gasteiger partial charge in [-0.15, -0.1) is 0 Å². The van der Waals surface area contributed by atoms with E-state index in [1.54, 1.807) is 30.3 Å². The van der Waals surface area contributed by atoms with Crippen molar-refractivity contribution in [1.82, 2.24) is 4.31 Å². The van der Waals surface area contributed by atoms with Crippen LogP contribution >= 0.6 is 11.6 Å². The summed E-state index contributed by atoms with van der Waals surface area (Å²) in [7, 11) is -0.696. The van der Waals surface area contributed by atoms with Crippen LogP contribution in [0.4, 0.5) is 11.4 Å². The molecule has 2 rings (SSSR count). The van der Waals surface area contributed by atoms with Gasteiger partial charge in [-0.1, -0.05) is 29.8 Å². The van der Waals surface area contributed by atoms with Crippen molar-refractivity contribution in [2.24, 2.45) is 0 Å². The summed E-state index contributed by atoms with van der Waals surface area (Å²) >= 11 is 6.07. The van der Waals surface area contributed by atoms with Crippen LogP contribution in [0.15, 0.2) is 53.4 Å². The molecule has 0 aromatic heterocycles. The van der Waals surface area contributed by atoms with Crippen molar-refractivity contribution < 1.29 is 13.2 Å². The van der Waals surface area contributed by atoms with E-state index in [4.69, 9.17) is 11.6 Å². The third kappa shape index (κ3) is 5.32. The van der Waals surface area contributed by atoms with Gasteiger partial charge < -0.3 is 10.6 Å². The van der Waals surface area contributed by atoms with Gasteiger partial charge in [0, 0.05) is 31.7 Å². The fourth-order valence-electron chi connectivity index (χ4n) is 2.29. The topological polar surface area (TPSA) is 78.5 Å². The monoisotopic (exact) mass is 407 g/mol. The third-order valence-electron chi connectivity index (χ3n) is 3.71. The first-order valence-electron chi connectivity index (χ1n) is 8.29. The van der Waals surface area contributed by atoms with Gasteiger partial charge in [0.1, 0.15) is 0 Å². The second-order valence-corrected chi connectivity index (χ2v) is 8.43. The number of carbonyl (C=O) groups is 1. The average Bonchev–Trinajstić information content (AvgIpc) is 2.62. The Labute approximate surface area is 164 Å². The van der Waals surface area contributed by atoms with E-state index in [2.05, 4.69) is 10.6 Å². The molecule has 0 atom stereocenters. The zero-order chi connectivity index (χ0) is 20.0. The van der Waals surface area contributed by atoms with Crippen LogP contribution in [0.3, 0.4) is 0 Å². The molecule has 0 aliphatic heterocycles. The summed E-state index contributed by atoms with van der Waals surface area (Å²) in [5, 5.41) is 6.36. The van der Waals surface area contributed by atoms with Crippen LogP contribution < -0.4 is 10.6 Å². The Morgan fingerprint density at radius 2 is 1.85 bits per heavy atom. The zero-order valence-corrected chi connectivity index (χ0v) is 16.9. The largest absolute Gasteiger partial charge is 0.384 e. The molecule has 0 fully saturated rings. The van der Waals surface area contributed by atoms with Gasteiger partial charge in [-0.25, -0.2) is 12.7 Å². The highest BCUT2D eigenvalue weighted by molar-refractivity contribution is 7.89. The predicted molar refractivity (Wildman–Crippen MR) is 111 cm³/mol. The second-order valence-electron chi connectivity index (χ2n) is 5.87. The van der Waals surface area contributed by atoms with Crippen molar-refractivity contribution in [3.8, 4) is 0 Å². The van der Waals surface area contributed by atoms with Gasteiger partial charge in [0.05, 0.1) is 16.3 Å². The van der Waals surface area contributed by atoms with E-state index in [-0.39, 0.29) is 4.90 Å². The summed E-state index contributed by atoms with van der Waals surface area (Å²) in [6, 6.07) is 11.7. The van der Waals surface area contributed by atoms with Crippen molar-refractivity contribution in [2.75, 3.05) is 31.3 Å². The molecular weight excluding hydrogens is 386 g/mol. The molecule has 0 radical (unpaired) electrons. The molecule has 0 bridgehead atoms. The first-order chi connectivity index (χ1) is 12.8. The van der Waals surface area contributed by atoms with Crippen LogP contribution in [-0.2, 0) is 14.8 Å². The Balaban J connectivity index is 2.30. The first kappa shape index (κ1) is 21.0. The number of hydrogen-bond donors (Lipinski definition) is 2. The van der Waals surface area contributed by atoms with Crippen LogP contribution in [0, 0.1) is 0 Å². The maximum atomic E-state index is 12.4. The standard InChI is InChI=1S/C19H22ClN3O3S/c1-4-21-17-11-10-15(27(25,26)23(2)3)13-18(17)22-19(24)12-9-14-7-5-6-8-16(14)20/h5-13,21H,4H2,1-3H3,(H,22,24). The average molecular weight is 408 g/mol. The minimum absolute atomic E-state index is 0.0968. The number of amides is 1. The van der Waals surface area contributed by atoms with Gasteiger partial charge in [0.15, 0.2) is 0 Å². The van der Waals surface area contributed by atoms with E-state index in [1.807, 2.05) is 13.0 Å². The second kappa shape index (κ2) is 9.03. The molecule has 0 heterocycles. The molecule has 2 aromatic rings. The number of carbonyl (C=O) groups excluding carboxylic acids is 1. The van der Waals surface area contributed by atoms with Crippen molar-refractivity contribution in [3.63, 3.8) is 0 Å². The Morgan fingerprint density at radius 3 is 2.48 bits per heavy atom. The van der Waals surface area contributed by atoms with Crippen LogP contribution in [-0.4, -0.2) is 39.3 Å². The molecule has 27 heavy (non-hydrogen) atoms. The third-order valence-corrected chi connectivity index (χ3v) is 5.87. The first-order valence-corrected chi connectivity index (χ1v) is 10.1. The molecule has 8 heteroatoms. The van der Waals surface area contributed by atoms with E-state index < -0.39 is 15.9 Å². The summed E-state index contributed by atoms with van der Waals surface area (Å²) in [6.45, 7) is 2.53. The van der Waals surface area contributed by atoms with Gasteiger partial charge in [0.25, 0.3) is 0 Å². The number of sulfonamides is 1. The van der Waals surface area contributed by atoms with E-state index >= 15 is 0 Å². The Bertz CT molecular complexity index is 956. The Kier molecular flexibility index (Phi) is 7.01. The SMILES string of the molecule is CCNc1ccc(S(=O)(=O)N(C)C)cc1NC(=O)C=Cc1ccccc1Cl. The molecular formula is C19H22ClN3O3S. The number of hydrogen-bond acceptors (Lipinski definition) is 4. The minimum Gasteiger partial charge on any atom is -0.384 e. The van der Waals surface area contributed by atoms with E-state index in [9.17, 15) is 13.2 Å². The molecule has 144 valence electrons. The number of benzene rings is 2. The molecule has 0 aliphatic carbocycles. The summed E-state index contributed by atoms with van der Waals surface area (Å²) in [5.74, 6) is -0.395. The highest BCUT2D eigenvalue weighted by Crippen LogP contribution is 2.27. The van der Waals surface area contributed by atoms with Crippen molar-refractivity contribution >= 4 is 45.0 Å². The van der Waals surface area contributed by atoms with E-state index in [0.717, 1.165) is 4.31 Å². The lowest BCUT2D eigenvalue weighted by atomic mass is 10.2. The van der Waals surface area contributed by atoms with E-state index in [1.165, 1.54) is 32.3 Å². The number of rotatable bonds is 7. The predicted octanol–water partition coefficient (Wildman–Crippen LogP) is 3.67. The molecule has 0 saturated carbocycles. The van der Waals surface area contributed by atoms with Gasteiger partial charge >= 0.3 is 0 Å². The highest BCUT2D eigenvalue weighted by atomic mass is 35.5. The molecule has 0 spiro atoms. The summed E-state index contributed by atoms with van der Waals surface area (Å²) < 4.78 is 25.8.